The lowest BCUT2D eigenvalue weighted by molar-refractivity contribution is -0.125. The molecular weight excluding hydrogens is 276 g/mol. The molecule has 1 unspecified atom stereocenters. The van der Waals surface area contributed by atoms with Crippen LogP contribution in [0.2, 0.25) is 0 Å². The largest absolute Gasteiger partial charge is 0.352 e. The highest BCUT2D eigenvalue weighted by atomic mass is 16.1. The van der Waals surface area contributed by atoms with Crippen LogP contribution in [0.25, 0.3) is 0 Å². The first-order valence-corrected chi connectivity index (χ1v) is 7.66. The number of hydrogen-bond donors (Lipinski definition) is 1. The van der Waals surface area contributed by atoms with Gasteiger partial charge in [-0.1, -0.05) is 30.3 Å². The van der Waals surface area contributed by atoms with Crippen molar-refractivity contribution in [3.63, 3.8) is 0 Å². The van der Waals surface area contributed by atoms with Crippen molar-refractivity contribution in [1.82, 2.24) is 15.3 Å². The van der Waals surface area contributed by atoms with Crippen molar-refractivity contribution in [2.24, 2.45) is 5.92 Å². The van der Waals surface area contributed by atoms with E-state index in [0.717, 1.165) is 24.9 Å². The zero-order valence-corrected chi connectivity index (χ0v) is 12.5. The molecule has 22 heavy (non-hydrogen) atoms. The molecule has 0 bridgehead atoms. The summed E-state index contributed by atoms with van der Waals surface area (Å²) in [5.41, 5.74) is 1.12. The minimum Gasteiger partial charge on any atom is -0.352 e. The predicted molar refractivity (Wildman–Crippen MR) is 85.3 cm³/mol. The van der Waals surface area contributed by atoms with Gasteiger partial charge in [-0.15, -0.1) is 0 Å². The van der Waals surface area contributed by atoms with E-state index in [0.29, 0.717) is 19.0 Å². The molecule has 5 nitrogen and oxygen atoms in total. The van der Waals surface area contributed by atoms with Crippen LogP contribution in [0.4, 0.5) is 5.95 Å². The zero-order valence-electron chi connectivity index (χ0n) is 12.5. The van der Waals surface area contributed by atoms with Crippen LogP contribution in [-0.2, 0) is 11.3 Å². The van der Waals surface area contributed by atoms with E-state index in [9.17, 15) is 4.79 Å². The summed E-state index contributed by atoms with van der Waals surface area (Å²) < 4.78 is 0. The summed E-state index contributed by atoms with van der Waals surface area (Å²) in [5.74, 6) is 0.828. The smallest absolute Gasteiger partial charge is 0.225 e. The summed E-state index contributed by atoms with van der Waals surface area (Å²) in [4.78, 5) is 23.0. The highest BCUT2D eigenvalue weighted by Crippen LogP contribution is 2.20. The first-order chi connectivity index (χ1) is 10.8. The first-order valence-electron chi connectivity index (χ1n) is 7.66. The number of nitrogens with one attached hydrogen (secondary N) is 1. The standard InChI is InChI=1S/C17H20N4O/c22-16(20-12-14-6-2-1-3-7-14)15-8-4-11-21(13-15)17-18-9-5-10-19-17/h1-3,5-7,9-10,15H,4,8,11-13H2,(H,20,22). The van der Waals surface area contributed by atoms with Crippen molar-refractivity contribution in [3.05, 3.63) is 54.4 Å². The van der Waals surface area contributed by atoms with Crippen LogP contribution in [0, 0.1) is 5.92 Å². The fourth-order valence-electron chi connectivity index (χ4n) is 2.76. The molecule has 1 saturated heterocycles. The van der Waals surface area contributed by atoms with Crippen LogP contribution in [0.15, 0.2) is 48.8 Å². The Balaban J connectivity index is 1.56. The fraction of sp³-hybridized carbons (Fsp3) is 0.353. The molecule has 2 heterocycles. The Kier molecular flexibility index (Phi) is 4.63. The van der Waals surface area contributed by atoms with Gasteiger partial charge in [-0.3, -0.25) is 4.79 Å². The summed E-state index contributed by atoms with van der Waals surface area (Å²) in [6.45, 7) is 2.18. The van der Waals surface area contributed by atoms with Crippen LogP contribution in [-0.4, -0.2) is 29.0 Å². The molecular formula is C17H20N4O. The minimum atomic E-state index is 0.00117. The third-order valence-corrected chi connectivity index (χ3v) is 3.94. The molecule has 5 heteroatoms. The number of nitrogens with zero attached hydrogens (tertiary/aromatic N) is 3. The van der Waals surface area contributed by atoms with Gasteiger partial charge >= 0.3 is 0 Å². The summed E-state index contributed by atoms with van der Waals surface area (Å²) in [5, 5.41) is 3.03. The molecule has 1 aliphatic heterocycles. The summed E-state index contributed by atoms with van der Waals surface area (Å²) in [6.07, 6.45) is 5.38. The second kappa shape index (κ2) is 7.02. The van der Waals surface area contributed by atoms with Crippen LogP contribution in [0.5, 0.6) is 0 Å². The van der Waals surface area contributed by atoms with Gasteiger partial charge in [0, 0.05) is 32.0 Å². The number of aromatic nitrogens is 2. The normalized spacial score (nSPS) is 18.0. The highest BCUT2D eigenvalue weighted by molar-refractivity contribution is 5.79. The van der Waals surface area contributed by atoms with Crippen LogP contribution >= 0.6 is 0 Å². The van der Waals surface area contributed by atoms with Crippen molar-refractivity contribution >= 4 is 11.9 Å². The number of rotatable bonds is 4. The number of anilines is 1. The Hall–Kier alpha value is -2.43. The molecule has 1 aliphatic rings. The van der Waals surface area contributed by atoms with Gasteiger partial charge in [-0.05, 0) is 24.5 Å². The van der Waals surface area contributed by atoms with E-state index in [1.54, 1.807) is 18.5 Å². The second-order valence-electron chi connectivity index (χ2n) is 5.54. The maximum absolute atomic E-state index is 12.4. The van der Waals surface area contributed by atoms with Crippen LogP contribution in [0.1, 0.15) is 18.4 Å². The summed E-state index contributed by atoms with van der Waals surface area (Å²) in [6, 6.07) is 11.8. The molecule has 1 amide bonds. The third kappa shape index (κ3) is 3.61. The molecule has 0 spiro atoms. The van der Waals surface area contributed by atoms with Crippen molar-refractivity contribution in [2.45, 2.75) is 19.4 Å². The Morgan fingerprint density at radius 2 is 1.95 bits per heavy atom. The van der Waals surface area contributed by atoms with E-state index in [4.69, 9.17) is 0 Å². The van der Waals surface area contributed by atoms with Crippen molar-refractivity contribution in [3.8, 4) is 0 Å². The molecule has 1 atom stereocenters. The van der Waals surface area contributed by atoms with Crippen molar-refractivity contribution in [2.75, 3.05) is 18.0 Å². The van der Waals surface area contributed by atoms with Crippen molar-refractivity contribution in [1.29, 1.82) is 0 Å². The van der Waals surface area contributed by atoms with Gasteiger partial charge in [0.25, 0.3) is 0 Å². The lowest BCUT2D eigenvalue weighted by Crippen LogP contribution is -2.43. The Bertz CT molecular complexity index is 603. The molecule has 0 radical (unpaired) electrons. The monoisotopic (exact) mass is 296 g/mol. The van der Waals surface area contributed by atoms with Gasteiger partial charge in [0.15, 0.2) is 0 Å². The minimum absolute atomic E-state index is 0.00117. The average Bonchev–Trinajstić information content (AvgIpc) is 2.61. The molecule has 2 aromatic rings. The van der Waals surface area contributed by atoms with E-state index in [-0.39, 0.29) is 11.8 Å². The quantitative estimate of drug-likeness (QED) is 0.937. The van der Waals surface area contributed by atoms with Crippen LogP contribution < -0.4 is 10.2 Å². The number of amides is 1. The van der Waals surface area contributed by atoms with Crippen LogP contribution in [0.3, 0.4) is 0 Å². The Morgan fingerprint density at radius 1 is 1.18 bits per heavy atom. The molecule has 1 aromatic carbocycles. The first kappa shape index (κ1) is 14.5. The Labute approximate surface area is 130 Å². The molecule has 3 rings (SSSR count). The number of hydrogen-bond acceptors (Lipinski definition) is 4. The predicted octanol–water partition coefficient (Wildman–Crippen LogP) is 2.01. The maximum atomic E-state index is 12.4. The van der Waals surface area contributed by atoms with Crippen molar-refractivity contribution < 1.29 is 4.79 Å². The number of carbonyl (C=O) groups is 1. The van der Waals surface area contributed by atoms with Gasteiger partial charge in [0.1, 0.15) is 0 Å². The molecule has 114 valence electrons. The van der Waals surface area contributed by atoms with Gasteiger partial charge < -0.3 is 10.2 Å². The third-order valence-electron chi connectivity index (χ3n) is 3.94. The molecule has 1 N–H and O–H groups in total. The lowest BCUT2D eigenvalue weighted by atomic mass is 9.97. The maximum Gasteiger partial charge on any atom is 0.225 e. The number of benzene rings is 1. The van der Waals surface area contributed by atoms with Gasteiger partial charge in [0.05, 0.1) is 5.92 Å². The second-order valence-corrected chi connectivity index (χ2v) is 5.54. The SMILES string of the molecule is O=C(NCc1ccccc1)C1CCCN(c2ncccn2)C1. The number of carbonyl (C=O) groups excluding carboxylic acids is 1. The summed E-state index contributed by atoms with van der Waals surface area (Å²) >= 11 is 0. The average molecular weight is 296 g/mol. The lowest BCUT2D eigenvalue weighted by Gasteiger charge is -2.31. The molecule has 1 fully saturated rings. The van der Waals surface area contributed by atoms with Gasteiger partial charge in [-0.2, -0.15) is 0 Å². The topological polar surface area (TPSA) is 58.1 Å². The van der Waals surface area contributed by atoms with E-state index >= 15 is 0 Å². The molecule has 1 aromatic heterocycles. The highest BCUT2D eigenvalue weighted by Gasteiger charge is 2.26. The zero-order chi connectivity index (χ0) is 15.2. The fourth-order valence-corrected chi connectivity index (χ4v) is 2.76. The van der Waals surface area contributed by atoms with E-state index < -0.39 is 0 Å². The molecule has 0 aliphatic carbocycles. The van der Waals surface area contributed by atoms with E-state index in [2.05, 4.69) is 20.2 Å². The number of piperidine rings is 1. The Morgan fingerprint density at radius 3 is 2.73 bits per heavy atom. The van der Waals surface area contributed by atoms with E-state index in [1.165, 1.54) is 0 Å². The summed E-state index contributed by atoms with van der Waals surface area (Å²) in [7, 11) is 0. The van der Waals surface area contributed by atoms with Gasteiger partial charge in [-0.25, -0.2) is 9.97 Å². The van der Waals surface area contributed by atoms with Gasteiger partial charge in [0.2, 0.25) is 11.9 Å². The molecule has 0 saturated carbocycles. The van der Waals surface area contributed by atoms with E-state index in [1.807, 2.05) is 30.3 Å².